The number of allylic oxidation sites excluding steroid dienone is 2. The molecule has 5 heteroatoms. The monoisotopic (exact) mass is 291 g/mol. The number of carbonyl (C=O) groups is 3. The number of unbranched alkanes of at least 4 members (excludes halogenated alkanes) is 1. The number of hydrogen-bond donors (Lipinski definition) is 1. The van der Waals surface area contributed by atoms with Crippen LogP contribution in [0.3, 0.4) is 0 Å². The molecular weight excluding hydrogens is 278 g/mol. The first-order chi connectivity index (χ1) is 9.56. The van der Waals surface area contributed by atoms with Crippen molar-refractivity contribution >= 4 is 29.1 Å². The predicted octanol–water partition coefficient (Wildman–Crippen LogP) is 2.82. The van der Waals surface area contributed by atoms with Gasteiger partial charge in [-0.05, 0) is 6.42 Å². The number of benzene rings is 1. The molecule has 0 spiro atoms. The van der Waals surface area contributed by atoms with E-state index in [2.05, 4.69) is 5.32 Å². The van der Waals surface area contributed by atoms with Crippen molar-refractivity contribution in [1.82, 2.24) is 5.32 Å². The molecule has 0 saturated carbocycles. The van der Waals surface area contributed by atoms with Crippen LogP contribution < -0.4 is 5.32 Å². The maximum absolute atomic E-state index is 12.3. The third-order valence-corrected chi connectivity index (χ3v) is 3.44. The summed E-state index contributed by atoms with van der Waals surface area (Å²) < 4.78 is 0. The number of Topliss-reactive ketones (excluding diaryl/α,β-unsaturated/α-hetero) is 2. The Morgan fingerprint density at radius 1 is 1.15 bits per heavy atom. The number of halogens is 1. The van der Waals surface area contributed by atoms with Gasteiger partial charge in [0.25, 0.3) is 0 Å². The number of ketones is 2. The van der Waals surface area contributed by atoms with Gasteiger partial charge in [0.1, 0.15) is 10.7 Å². The lowest BCUT2D eigenvalue weighted by molar-refractivity contribution is -0.120. The van der Waals surface area contributed by atoms with Crippen LogP contribution >= 0.6 is 11.6 Å². The Balaban J connectivity index is 2.30. The standard InChI is InChI=1S/C15H14ClNO3/c1-2-3-8-11(18)17-13-12(16)14(19)9-6-4-5-7-10(9)15(13)20/h4-7H,2-3,8H2,1H3,(H,17,18). The summed E-state index contributed by atoms with van der Waals surface area (Å²) in [6.07, 6.45) is 1.89. The van der Waals surface area contributed by atoms with E-state index in [9.17, 15) is 14.4 Å². The van der Waals surface area contributed by atoms with E-state index in [1.165, 1.54) is 0 Å². The molecule has 4 nitrogen and oxygen atoms in total. The van der Waals surface area contributed by atoms with Gasteiger partial charge in [0.15, 0.2) is 0 Å². The summed E-state index contributed by atoms with van der Waals surface area (Å²) in [5.41, 5.74) is 0.429. The van der Waals surface area contributed by atoms with Crippen molar-refractivity contribution in [1.29, 1.82) is 0 Å². The van der Waals surface area contributed by atoms with Gasteiger partial charge in [-0.25, -0.2) is 0 Å². The SMILES string of the molecule is CCCCC(=O)NC1=C(Cl)C(=O)c2ccccc2C1=O. The zero-order valence-electron chi connectivity index (χ0n) is 11.0. The van der Waals surface area contributed by atoms with Crippen LogP contribution in [0.5, 0.6) is 0 Å². The van der Waals surface area contributed by atoms with E-state index in [0.717, 1.165) is 12.8 Å². The molecule has 0 aromatic heterocycles. The molecule has 0 aliphatic heterocycles. The Bertz CT molecular complexity index is 619. The van der Waals surface area contributed by atoms with Gasteiger partial charge in [0, 0.05) is 17.5 Å². The first-order valence-corrected chi connectivity index (χ1v) is 6.82. The molecule has 0 heterocycles. The smallest absolute Gasteiger partial charge is 0.224 e. The summed E-state index contributed by atoms with van der Waals surface area (Å²) in [6.45, 7) is 1.96. The Hall–Kier alpha value is -1.94. The maximum Gasteiger partial charge on any atom is 0.224 e. The summed E-state index contributed by atoms with van der Waals surface area (Å²) in [5.74, 6) is -1.16. The molecule has 0 radical (unpaired) electrons. The summed E-state index contributed by atoms with van der Waals surface area (Å²) >= 11 is 5.93. The summed E-state index contributed by atoms with van der Waals surface area (Å²) in [6, 6.07) is 6.43. The lowest BCUT2D eigenvalue weighted by atomic mass is 9.92. The molecule has 1 aromatic carbocycles. The summed E-state index contributed by atoms with van der Waals surface area (Å²) in [4.78, 5) is 36.1. The zero-order chi connectivity index (χ0) is 14.7. The highest BCUT2D eigenvalue weighted by atomic mass is 35.5. The van der Waals surface area contributed by atoms with Crippen LogP contribution in [0.2, 0.25) is 0 Å². The minimum atomic E-state index is -0.437. The minimum Gasteiger partial charge on any atom is -0.321 e. The fourth-order valence-electron chi connectivity index (χ4n) is 2.00. The van der Waals surface area contributed by atoms with Gasteiger partial charge in [0.05, 0.1) is 0 Å². The topological polar surface area (TPSA) is 63.2 Å². The molecule has 20 heavy (non-hydrogen) atoms. The first kappa shape index (κ1) is 14.5. The van der Waals surface area contributed by atoms with E-state index in [1.807, 2.05) is 6.92 Å². The van der Waals surface area contributed by atoms with Crippen molar-refractivity contribution in [3.63, 3.8) is 0 Å². The third-order valence-electron chi connectivity index (χ3n) is 3.08. The highest BCUT2D eigenvalue weighted by molar-refractivity contribution is 6.50. The second kappa shape index (κ2) is 6.01. The average Bonchev–Trinajstić information content (AvgIpc) is 2.47. The summed E-state index contributed by atoms with van der Waals surface area (Å²) in [5, 5.41) is 2.24. The number of carbonyl (C=O) groups excluding carboxylic acids is 3. The molecule has 104 valence electrons. The maximum atomic E-state index is 12.3. The number of fused-ring (bicyclic) bond motifs is 1. The van der Waals surface area contributed by atoms with E-state index < -0.39 is 11.6 Å². The Morgan fingerprint density at radius 3 is 2.35 bits per heavy atom. The Labute approximate surface area is 121 Å². The zero-order valence-corrected chi connectivity index (χ0v) is 11.8. The second-order valence-corrected chi connectivity index (χ2v) is 4.92. The van der Waals surface area contributed by atoms with Gasteiger partial charge in [0.2, 0.25) is 17.5 Å². The fourth-order valence-corrected chi connectivity index (χ4v) is 2.23. The molecule has 1 amide bonds. The molecule has 1 aliphatic carbocycles. The normalized spacial score (nSPS) is 14.3. The van der Waals surface area contributed by atoms with Crippen molar-refractivity contribution < 1.29 is 14.4 Å². The van der Waals surface area contributed by atoms with Crippen molar-refractivity contribution in [2.45, 2.75) is 26.2 Å². The van der Waals surface area contributed by atoms with Crippen LogP contribution in [-0.2, 0) is 4.79 Å². The van der Waals surface area contributed by atoms with Crippen LogP contribution in [0, 0.1) is 0 Å². The number of rotatable bonds is 4. The molecule has 1 aromatic rings. The highest BCUT2D eigenvalue weighted by Gasteiger charge is 2.31. The Kier molecular flexibility index (Phi) is 4.35. The van der Waals surface area contributed by atoms with Crippen LogP contribution in [0.4, 0.5) is 0 Å². The number of nitrogens with one attached hydrogen (secondary N) is 1. The predicted molar refractivity (Wildman–Crippen MR) is 75.6 cm³/mol. The van der Waals surface area contributed by atoms with E-state index in [-0.39, 0.29) is 27.8 Å². The van der Waals surface area contributed by atoms with E-state index in [4.69, 9.17) is 11.6 Å². The molecular formula is C15H14ClNO3. The van der Waals surface area contributed by atoms with Gasteiger partial charge in [-0.3, -0.25) is 14.4 Å². The molecule has 0 saturated heterocycles. The Morgan fingerprint density at radius 2 is 1.75 bits per heavy atom. The van der Waals surface area contributed by atoms with Crippen molar-refractivity contribution in [2.75, 3.05) is 0 Å². The van der Waals surface area contributed by atoms with Crippen LogP contribution in [0.1, 0.15) is 46.9 Å². The van der Waals surface area contributed by atoms with Crippen molar-refractivity contribution in [2.24, 2.45) is 0 Å². The number of amides is 1. The molecule has 2 rings (SSSR count). The molecule has 0 fully saturated rings. The van der Waals surface area contributed by atoms with Gasteiger partial charge in [-0.1, -0.05) is 49.2 Å². The molecule has 0 atom stereocenters. The largest absolute Gasteiger partial charge is 0.321 e. The van der Waals surface area contributed by atoms with Gasteiger partial charge >= 0.3 is 0 Å². The quantitative estimate of drug-likeness (QED) is 0.928. The van der Waals surface area contributed by atoms with E-state index in [0.29, 0.717) is 6.42 Å². The fraction of sp³-hybridized carbons (Fsp3) is 0.267. The minimum absolute atomic E-state index is 0.114. The second-order valence-electron chi connectivity index (χ2n) is 4.54. The molecule has 1 aliphatic rings. The molecule has 0 unspecified atom stereocenters. The first-order valence-electron chi connectivity index (χ1n) is 6.44. The van der Waals surface area contributed by atoms with E-state index in [1.54, 1.807) is 24.3 Å². The van der Waals surface area contributed by atoms with Crippen molar-refractivity contribution in [3.05, 3.63) is 46.1 Å². The van der Waals surface area contributed by atoms with Gasteiger partial charge < -0.3 is 5.32 Å². The third kappa shape index (κ3) is 2.65. The van der Waals surface area contributed by atoms with E-state index >= 15 is 0 Å². The van der Waals surface area contributed by atoms with Crippen LogP contribution in [0.25, 0.3) is 0 Å². The molecule has 0 bridgehead atoms. The van der Waals surface area contributed by atoms with Crippen LogP contribution in [-0.4, -0.2) is 17.5 Å². The van der Waals surface area contributed by atoms with Crippen molar-refractivity contribution in [3.8, 4) is 0 Å². The summed E-state index contributed by atoms with van der Waals surface area (Å²) in [7, 11) is 0. The average molecular weight is 292 g/mol. The van der Waals surface area contributed by atoms with Gasteiger partial charge in [-0.2, -0.15) is 0 Å². The number of hydrogen-bond acceptors (Lipinski definition) is 3. The highest BCUT2D eigenvalue weighted by Crippen LogP contribution is 2.27. The van der Waals surface area contributed by atoms with Gasteiger partial charge in [-0.15, -0.1) is 0 Å². The van der Waals surface area contributed by atoms with Crippen LogP contribution in [0.15, 0.2) is 35.0 Å². The lowest BCUT2D eigenvalue weighted by Gasteiger charge is -2.18. The lowest BCUT2D eigenvalue weighted by Crippen LogP contribution is -2.32. The molecule has 1 N–H and O–H groups in total.